The number of hydrogen-bond donors (Lipinski definition) is 1. The highest BCUT2D eigenvalue weighted by atomic mass is 16.5. The molecule has 1 heterocycles. The quantitative estimate of drug-likeness (QED) is 0.467. The third-order valence-corrected chi connectivity index (χ3v) is 7.15. The molecule has 176 valence electrons. The van der Waals surface area contributed by atoms with Crippen molar-refractivity contribution in [3.63, 3.8) is 0 Å². The number of ether oxygens (including phenoxy) is 2. The average molecular weight is 456 g/mol. The molecular weight excluding hydrogens is 422 g/mol. The summed E-state index contributed by atoms with van der Waals surface area (Å²) in [6.07, 6.45) is 3.69. The number of allylic oxidation sites excluding steroid dienone is 1. The normalized spacial score (nSPS) is 17.9. The molecule has 1 aliphatic heterocycles. The van der Waals surface area contributed by atoms with Gasteiger partial charge in [0.1, 0.15) is 23.8 Å². The van der Waals surface area contributed by atoms with E-state index in [1.54, 1.807) is 7.11 Å². The van der Waals surface area contributed by atoms with Crippen LogP contribution in [0.25, 0.3) is 11.1 Å². The van der Waals surface area contributed by atoms with E-state index in [4.69, 9.17) is 9.47 Å². The third-order valence-electron chi connectivity index (χ3n) is 7.15. The van der Waals surface area contributed by atoms with Gasteiger partial charge in [0.15, 0.2) is 0 Å². The van der Waals surface area contributed by atoms with Gasteiger partial charge in [-0.1, -0.05) is 48.5 Å². The van der Waals surface area contributed by atoms with E-state index >= 15 is 0 Å². The third kappa shape index (κ3) is 4.61. The summed E-state index contributed by atoms with van der Waals surface area (Å²) in [5, 5.41) is 11.6. The second-order valence-electron chi connectivity index (χ2n) is 9.21. The van der Waals surface area contributed by atoms with Gasteiger partial charge in [-0.05, 0) is 90.3 Å². The van der Waals surface area contributed by atoms with E-state index in [-0.39, 0.29) is 6.23 Å². The van der Waals surface area contributed by atoms with Crippen molar-refractivity contribution in [1.29, 1.82) is 0 Å². The summed E-state index contributed by atoms with van der Waals surface area (Å²) in [6.45, 7) is 4.30. The molecule has 0 spiro atoms. The second-order valence-corrected chi connectivity index (χ2v) is 9.21. The highest BCUT2D eigenvalue weighted by molar-refractivity contribution is 5.95. The first-order valence-corrected chi connectivity index (χ1v) is 12.3. The molecule has 3 aromatic rings. The maximum absolute atomic E-state index is 11.6. The van der Waals surface area contributed by atoms with Crippen molar-refractivity contribution in [2.45, 2.75) is 44.9 Å². The van der Waals surface area contributed by atoms with Gasteiger partial charge in [-0.25, -0.2) is 0 Å². The Kier molecular flexibility index (Phi) is 6.70. The Morgan fingerprint density at radius 1 is 0.824 bits per heavy atom. The van der Waals surface area contributed by atoms with Crippen molar-refractivity contribution in [2.75, 3.05) is 20.2 Å². The lowest BCUT2D eigenvalue weighted by atomic mass is 9.79. The Bertz CT molecular complexity index is 1140. The molecule has 4 nitrogen and oxygen atoms in total. The highest BCUT2D eigenvalue weighted by Crippen LogP contribution is 2.44. The van der Waals surface area contributed by atoms with Crippen LogP contribution in [0, 0.1) is 0 Å². The zero-order valence-electron chi connectivity index (χ0n) is 20.0. The molecule has 1 fully saturated rings. The number of aryl methyl sites for hydroxylation is 1. The van der Waals surface area contributed by atoms with E-state index in [2.05, 4.69) is 48.2 Å². The number of hydrogen-bond acceptors (Lipinski definition) is 4. The van der Waals surface area contributed by atoms with E-state index in [9.17, 15) is 5.11 Å². The Morgan fingerprint density at radius 3 is 2.21 bits per heavy atom. The fraction of sp³-hybridized carbons (Fsp3) is 0.333. The Balaban J connectivity index is 1.46. The lowest BCUT2D eigenvalue weighted by molar-refractivity contribution is 0.0592. The first kappa shape index (κ1) is 22.7. The maximum atomic E-state index is 11.6. The number of aliphatic hydroxyl groups is 1. The summed E-state index contributed by atoms with van der Waals surface area (Å²) >= 11 is 0. The van der Waals surface area contributed by atoms with Crippen LogP contribution in [0.3, 0.4) is 0 Å². The monoisotopic (exact) mass is 455 g/mol. The molecule has 2 aliphatic rings. The summed E-state index contributed by atoms with van der Waals surface area (Å²) in [7, 11) is 1.68. The molecule has 0 bridgehead atoms. The van der Waals surface area contributed by atoms with Crippen LogP contribution in [-0.4, -0.2) is 36.4 Å². The molecule has 1 aliphatic carbocycles. The van der Waals surface area contributed by atoms with Gasteiger partial charge in [-0.2, -0.15) is 0 Å². The first-order chi connectivity index (χ1) is 16.6. The Morgan fingerprint density at radius 2 is 1.50 bits per heavy atom. The second kappa shape index (κ2) is 10.0. The van der Waals surface area contributed by atoms with Crippen molar-refractivity contribution in [1.82, 2.24) is 4.90 Å². The Hall–Kier alpha value is -3.08. The molecule has 2 atom stereocenters. The van der Waals surface area contributed by atoms with Crippen molar-refractivity contribution in [2.24, 2.45) is 0 Å². The van der Waals surface area contributed by atoms with Gasteiger partial charge >= 0.3 is 0 Å². The highest BCUT2D eigenvalue weighted by Gasteiger charge is 2.26. The van der Waals surface area contributed by atoms with Crippen LogP contribution in [0.1, 0.15) is 54.5 Å². The molecule has 0 saturated carbocycles. The summed E-state index contributed by atoms with van der Waals surface area (Å²) < 4.78 is 11.5. The summed E-state index contributed by atoms with van der Waals surface area (Å²) in [5.74, 6) is 1.67. The van der Waals surface area contributed by atoms with Gasteiger partial charge in [0.25, 0.3) is 0 Å². The topological polar surface area (TPSA) is 41.9 Å². The van der Waals surface area contributed by atoms with Gasteiger partial charge in [0.05, 0.1) is 7.11 Å². The zero-order chi connectivity index (χ0) is 23.5. The molecule has 34 heavy (non-hydrogen) atoms. The molecule has 1 N–H and O–H groups in total. The number of aliphatic hydroxyl groups excluding tert-OH is 1. The molecule has 4 heteroatoms. The van der Waals surface area contributed by atoms with Crippen LogP contribution < -0.4 is 9.47 Å². The zero-order valence-corrected chi connectivity index (χ0v) is 20.0. The van der Waals surface area contributed by atoms with E-state index in [0.717, 1.165) is 59.7 Å². The van der Waals surface area contributed by atoms with E-state index in [1.165, 1.54) is 24.0 Å². The molecule has 5 rings (SSSR count). The smallest absolute Gasteiger partial charge is 0.149 e. The van der Waals surface area contributed by atoms with Gasteiger partial charge in [0, 0.05) is 13.1 Å². The van der Waals surface area contributed by atoms with Crippen LogP contribution in [0.2, 0.25) is 0 Å². The van der Waals surface area contributed by atoms with Gasteiger partial charge < -0.3 is 14.6 Å². The van der Waals surface area contributed by atoms with Gasteiger partial charge in [-0.3, -0.25) is 4.90 Å². The van der Waals surface area contributed by atoms with Crippen LogP contribution in [-0.2, 0) is 6.42 Å². The van der Waals surface area contributed by atoms with Crippen molar-refractivity contribution >= 4 is 11.1 Å². The summed E-state index contributed by atoms with van der Waals surface area (Å²) in [5.41, 5.74) is 6.61. The lowest BCUT2D eigenvalue weighted by Crippen LogP contribution is -2.34. The average Bonchev–Trinajstić information content (AvgIpc) is 3.43. The number of methoxy groups -OCH3 is 1. The summed E-state index contributed by atoms with van der Waals surface area (Å²) in [6, 6.07) is 24.5. The molecule has 3 aromatic carbocycles. The fourth-order valence-corrected chi connectivity index (χ4v) is 5.23. The fourth-order valence-electron chi connectivity index (χ4n) is 5.23. The SMILES string of the molecule is COc1ccc(C2=C(C(O)c3ccc(OC(C)N4CCCC4)cc3)c3ccccc3CC2)cc1. The number of rotatable bonds is 7. The van der Waals surface area contributed by atoms with Crippen LogP contribution >= 0.6 is 0 Å². The molecule has 2 unspecified atom stereocenters. The number of nitrogens with zero attached hydrogens (tertiary/aromatic N) is 1. The molecule has 0 radical (unpaired) electrons. The van der Waals surface area contributed by atoms with Crippen molar-refractivity contribution in [3.05, 3.63) is 95.1 Å². The summed E-state index contributed by atoms with van der Waals surface area (Å²) in [4.78, 5) is 2.37. The van der Waals surface area contributed by atoms with Crippen molar-refractivity contribution < 1.29 is 14.6 Å². The maximum Gasteiger partial charge on any atom is 0.149 e. The lowest BCUT2D eigenvalue weighted by Gasteiger charge is -2.28. The van der Waals surface area contributed by atoms with E-state index < -0.39 is 6.10 Å². The number of likely N-dealkylation sites (tertiary alicyclic amines) is 1. The predicted octanol–water partition coefficient (Wildman–Crippen LogP) is 6.11. The molecule has 1 saturated heterocycles. The van der Waals surface area contributed by atoms with Crippen LogP contribution in [0.15, 0.2) is 72.8 Å². The van der Waals surface area contributed by atoms with E-state index in [0.29, 0.717) is 0 Å². The molecule has 0 aromatic heterocycles. The molecular formula is C30H33NO3. The largest absolute Gasteiger partial charge is 0.497 e. The first-order valence-electron chi connectivity index (χ1n) is 12.3. The molecule has 0 amide bonds. The van der Waals surface area contributed by atoms with E-state index in [1.807, 2.05) is 36.4 Å². The van der Waals surface area contributed by atoms with Crippen LogP contribution in [0.5, 0.6) is 11.5 Å². The minimum absolute atomic E-state index is 0.0628. The van der Waals surface area contributed by atoms with Crippen molar-refractivity contribution in [3.8, 4) is 11.5 Å². The Labute approximate surface area is 202 Å². The number of fused-ring (bicyclic) bond motifs is 1. The van der Waals surface area contributed by atoms with Gasteiger partial charge in [0.2, 0.25) is 0 Å². The minimum atomic E-state index is -0.719. The number of benzene rings is 3. The van der Waals surface area contributed by atoms with Crippen LogP contribution in [0.4, 0.5) is 0 Å². The standard InChI is InChI=1S/C30H33NO3/c1-21(31-19-5-6-20-31)34-26-16-11-24(12-17-26)30(32)29-27-8-4-3-7-22(27)13-18-28(29)23-9-14-25(33-2)15-10-23/h3-4,7-12,14-17,21,30,32H,5-6,13,18-20H2,1-2H3. The predicted molar refractivity (Wildman–Crippen MR) is 137 cm³/mol. The van der Waals surface area contributed by atoms with Gasteiger partial charge in [-0.15, -0.1) is 0 Å². The minimum Gasteiger partial charge on any atom is -0.497 e.